The molecule has 1 rings (SSSR count). The first kappa shape index (κ1) is 12.6. The lowest BCUT2D eigenvalue weighted by atomic mass is 10.0. The molecule has 0 radical (unpaired) electrons. The summed E-state index contributed by atoms with van der Waals surface area (Å²) in [4.78, 5) is 11.7. The minimum absolute atomic E-state index is 0.480. The smallest absolute Gasteiger partial charge is 0.257 e. The van der Waals surface area contributed by atoms with Crippen LogP contribution in [-0.2, 0) is 0 Å². The SMILES string of the molecule is CCC(C)(C)NC(=O)c1c(F)cccc1F. The van der Waals surface area contributed by atoms with Crippen LogP contribution in [-0.4, -0.2) is 11.4 Å². The molecule has 0 fully saturated rings. The van der Waals surface area contributed by atoms with Crippen LogP contribution >= 0.6 is 0 Å². The van der Waals surface area contributed by atoms with Gasteiger partial charge in [-0.2, -0.15) is 0 Å². The summed E-state index contributed by atoms with van der Waals surface area (Å²) in [6, 6.07) is 3.36. The zero-order valence-electron chi connectivity index (χ0n) is 9.60. The maximum Gasteiger partial charge on any atom is 0.257 e. The minimum Gasteiger partial charge on any atom is -0.347 e. The Morgan fingerprint density at radius 2 is 1.81 bits per heavy atom. The van der Waals surface area contributed by atoms with E-state index in [9.17, 15) is 13.6 Å². The predicted molar refractivity (Wildman–Crippen MR) is 58.2 cm³/mol. The van der Waals surface area contributed by atoms with Crippen LogP contribution in [0.1, 0.15) is 37.6 Å². The monoisotopic (exact) mass is 227 g/mol. The van der Waals surface area contributed by atoms with Crippen molar-refractivity contribution in [3.05, 3.63) is 35.4 Å². The average molecular weight is 227 g/mol. The fraction of sp³-hybridized carbons (Fsp3) is 0.417. The van der Waals surface area contributed by atoms with Gasteiger partial charge in [0.05, 0.1) is 0 Å². The van der Waals surface area contributed by atoms with E-state index in [0.29, 0.717) is 6.42 Å². The first-order valence-corrected chi connectivity index (χ1v) is 5.14. The molecule has 0 atom stereocenters. The molecule has 16 heavy (non-hydrogen) atoms. The lowest BCUT2D eigenvalue weighted by Crippen LogP contribution is -2.43. The third kappa shape index (κ3) is 2.78. The molecule has 2 nitrogen and oxygen atoms in total. The Labute approximate surface area is 93.7 Å². The fourth-order valence-electron chi connectivity index (χ4n) is 1.17. The quantitative estimate of drug-likeness (QED) is 0.845. The molecule has 0 bridgehead atoms. The van der Waals surface area contributed by atoms with Crippen LogP contribution in [0.3, 0.4) is 0 Å². The van der Waals surface area contributed by atoms with Gasteiger partial charge in [0.25, 0.3) is 5.91 Å². The molecule has 1 aromatic carbocycles. The Bertz CT molecular complexity index is 382. The van der Waals surface area contributed by atoms with Gasteiger partial charge in [0, 0.05) is 5.54 Å². The molecule has 0 aliphatic rings. The van der Waals surface area contributed by atoms with Gasteiger partial charge >= 0.3 is 0 Å². The summed E-state index contributed by atoms with van der Waals surface area (Å²) >= 11 is 0. The lowest BCUT2D eigenvalue weighted by Gasteiger charge is -2.24. The Balaban J connectivity index is 2.98. The summed E-state index contributed by atoms with van der Waals surface area (Å²) < 4.78 is 26.6. The van der Waals surface area contributed by atoms with Gasteiger partial charge in [-0.1, -0.05) is 13.0 Å². The number of benzene rings is 1. The van der Waals surface area contributed by atoms with E-state index in [1.54, 1.807) is 13.8 Å². The van der Waals surface area contributed by atoms with E-state index < -0.39 is 28.6 Å². The fourth-order valence-corrected chi connectivity index (χ4v) is 1.17. The van der Waals surface area contributed by atoms with E-state index in [2.05, 4.69) is 5.32 Å². The van der Waals surface area contributed by atoms with Crippen LogP contribution in [0.15, 0.2) is 18.2 Å². The van der Waals surface area contributed by atoms with Crippen LogP contribution in [0.2, 0.25) is 0 Å². The average Bonchev–Trinajstić information content (AvgIpc) is 2.16. The molecule has 0 aliphatic heterocycles. The minimum atomic E-state index is -0.843. The van der Waals surface area contributed by atoms with Crippen LogP contribution in [0.5, 0.6) is 0 Å². The number of carbonyl (C=O) groups excluding carboxylic acids is 1. The highest BCUT2D eigenvalue weighted by Gasteiger charge is 2.23. The highest BCUT2D eigenvalue weighted by Crippen LogP contribution is 2.14. The first-order chi connectivity index (χ1) is 7.37. The van der Waals surface area contributed by atoms with Crippen molar-refractivity contribution in [1.82, 2.24) is 5.32 Å². The molecular formula is C12H15F2NO. The van der Waals surface area contributed by atoms with Crippen LogP contribution < -0.4 is 5.32 Å². The number of rotatable bonds is 3. The van der Waals surface area contributed by atoms with Crippen molar-refractivity contribution in [2.75, 3.05) is 0 Å². The van der Waals surface area contributed by atoms with Crippen LogP contribution in [0.4, 0.5) is 8.78 Å². The molecule has 0 heterocycles. The second kappa shape index (κ2) is 4.60. The Hall–Kier alpha value is -1.45. The summed E-state index contributed by atoms with van der Waals surface area (Å²) in [5.74, 6) is -2.41. The molecule has 0 unspecified atom stereocenters. The first-order valence-electron chi connectivity index (χ1n) is 5.14. The van der Waals surface area contributed by atoms with E-state index in [0.717, 1.165) is 12.1 Å². The van der Waals surface area contributed by atoms with E-state index in [1.807, 2.05) is 6.92 Å². The largest absolute Gasteiger partial charge is 0.347 e. The second-order valence-electron chi connectivity index (χ2n) is 4.29. The standard InChI is InChI=1S/C12H15F2NO/c1-4-12(2,3)15-11(16)10-8(13)6-5-7-9(10)14/h5-7H,4H2,1-3H3,(H,15,16). The third-order valence-electron chi connectivity index (χ3n) is 2.53. The predicted octanol–water partition coefficient (Wildman–Crippen LogP) is 2.88. The van der Waals surface area contributed by atoms with Gasteiger partial charge in [-0.3, -0.25) is 4.79 Å². The maximum absolute atomic E-state index is 13.3. The molecular weight excluding hydrogens is 212 g/mol. The number of amides is 1. The van der Waals surface area contributed by atoms with Gasteiger partial charge in [-0.05, 0) is 32.4 Å². The van der Waals surface area contributed by atoms with Gasteiger partial charge in [0.1, 0.15) is 17.2 Å². The van der Waals surface area contributed by atoms with E-state index in [1.165, 1.54) is 6.07 Å². The van der Waals surface area contributed by atoms with Gasteiger partial charge in [0.2, 0.25) is 0 Å². The Kier molecular flexibility index (Phi) is 3.62. The number of hydrogen-bond donors (Lipinski definition) is 1. The molecule has 0 aliphatic carbocycles. The van der Waals surface area contributed by atoms with Crippen LogP contribution in [0.25, 0.3) is 0 Å². The molecule has 88 valence electrons. The topological polar surface area (TPSA) is 29.1 Å². The summed E-state index contributed by atoms with van der Waals surface area (Å²) in [5.41, 5.74) is -1.00. The van der Waals surface area contributed by atoms with E-state index in [4.69, 9.17) is 0 Å². The normalized spacial score (nSPS) is 11.3. The second-order valence-corrected chi connectivity index (χ2v) is 4.29. The molecule has 0 spiro atoms. The van der Waals surface area contributed by atoms with Crippen molar-refractivity contribution in [3.8, 4) is 0 Å². The molecule has 0 saturated carbocycles. The zero-order chi connectivity index (χ0) is 12.3. The van der Waals surface area contributed by atoms with Crippen molar-refractivity contribution < 1.29 is 13.6 Å². The number of hydrogen-bond acceptors (Lipinski definition) is 1. The summed E-state index contributed by atoms with van der Waals surface area (Å²) in [6.45, 7) is 5.48. The molecule has 4 heteroatoms. The van der Waals surface area contributed by atoms with E-state index in [-0.39, 0.29) is 0 Å². The van der Waals surface area contributed by atoms with E-state index >= 15 is 0 Å². The number of nitrogens with one attached hydrogen (secondary N) is 1. The molecule has 1 aromatic rings. The van der Waals surface area contributed by atoms with Crippen molar-refractivity contribution in [1.29, 1.82) is 0 Å². The van der Waals surface area contributed by atoms with Crippen molar-refractivity contribution in [3.63, 3.8) is 0 Å². The van der Waals surface area contributed by atoms with Crippen molar-refractivity contribution in [2.24, 2.45) is 0 Å². The lowest BCUT2D eigenvalue weighted by molar-refractivity contribution is 0.0902. The van der Waals surface area contributed by atoms with Gasteiger partial charge < -0.3 is 5.32 Å². The Morgan fingerprint density at radius 1 is 1.31 bits per heavy atom. The third-order valence-corrected chi connectivity index (χ3v) is 2.53. The number of halogens is 2. The molecule has 0 aromatic heterocycles. The summed E-state index contributed by atoms with van der Waals surface area (Å²) in [7, 11) is 0. The van der Waals surface area contributed by atoms with Gasteiger partial charge in [-0.25, -0.2) is 8.78 Å². The molecule has 1 amide bonds. The molecule has 1 N–H and O–H groups in total. The Morgan fingerprint density at radius 3 is 2.25 bits per heavy atom. The van der Waals surface area contributed by atoms with Crippen molar-refractivity contribution >= 4 is 5.91 Å². The van der Waals surface area contributed by atoms with Gasteiger partial charge in [0.15, 0.2) is 0 Å². The van der Waals surface area contributed by atoms with Crippen LogP contribution in [0, 0.1) is 11.6 Å². The zero-order valence-corrected chi connectivity index (χ0v) is 9.60. The summed E-state index contributed by atoms with van der Waals surface area (Å²) in [6.07, 6.45) is 0.675. The molecule has 0 saturated heterocycles. The highest BCUT2D eigenvalue weighted by atomic mass is 19.1. The maximum atomic E-state index is 13.3. The highest BCUT2D eigenvalue weighted by molar-refractivity contribution is 5.95. The van der Waals surface area contributed by atoms with Crippen molar-refractivity contribution in [2.45, 2.75) is 32.7 Å². The summed E-state index contributed by atoms with van der Waals surface area (Å²) in [5, 5.41) is 2.58. The number of carbonyl (C=O) groups is 1. The van der Waals surface area contributed by atoms with Gasteiger partial charge in [-0.15, -0.1) is 0 Å².